The maximum atomic E-state index is 12.8. The fourth-order valence-corrected chi connectivity index (χ4v) is 7.06. The highest BCUT2D eigenvalue weighted by Gasteiger charge is 2.42. The molecule has 0 fully saturated rings. The average Bonchev–Trinajstić information content (AvgIpc) is 2.91. The first-order chi connectivity index (χ1) is 12.8. The van der Waals surface area contributed by atoms with Gasteiger partial charge in [0.05, 0.1) is 17.5 Å². The summed E-state index contributed by atoms with van der Waals surface area (Å²) in [6.45, 7) is 10.9. The summed E-state index contributed by atoms with van der Waals surface area (Å²) in [4.78, 5) is 12.4. The predicted molar refractivity (Wildman–Crippen MR) is 115 cm³/mol. The van der Waals surface area contributed by atoms with Crippen molar-refractivity contribution in [2.45, 2.75) is 58.3 Å². The van der Waals surface area contributed by atoms with Crippen molar-refractivity contribution < 1.29 is 18.3 Å². The number of benzene rings is 1. The number of anilines is 2. The van der Waals surface area contributed by atoms with Gasteiger partial charge in [0.2, 0.25) is 10.0 Å². The third-order valence-electron chi connectivity index (χ3n) is 5.65. The monoisotopic (exact) mass is 421 g/mol. The normalized spacial score (nSPS) is 17.8. The van der Waals surface area contributed by atoms with Crippen LogP contribution in [0.5, 0.6) is 0 Å². The summed E-state index contributed by atoms with van der Waals surface area (Å²) in [5.41, 5.74) is 2.80. The van der Waals surface area contributed by atoms with Gasteiger partial charge in [-0.1, -0.05) is 27.7 Å². The predicted octanol–water partition coefficient (Wildman–Crippen LogP) is 5.20. The number of carboxylic acids is 1. The first-order valence-corrected chi connectivity index (χ1v) is 11.9. The zero-order chi connectivity index (χ0) is 21.1. The average molecular weight is 422 g/mol. The molecule has 1 aliphatic carbocycles. The molecule has 28 heavy (non-hydrogen) atoms. The van der Waals surface area contributed by atoms with Gasteiger partial charge in [0, 0.05) is 4.88 Å². The molecule has 0 bridgehead atoms. The SMILES string of the molecule is Cc1c(N(c2ccc(C(=O)O)cc2)S(C)(=O)=O)sc2c1C(C)(C)CCC2(C)C. The molecule has 0 aliphatic heterocycles. The molecule has 152 valence electrons. The Morgan fingerprint density at radius 1 is 1.07 bits per heavy atom. The molecule has 3 rings (SSSR count). The van der Waals surface area contributed by atoms with E-state index in [2.05, 4.69) is 27.7 Å². The van der Waals surface area contributed by atoms with Gasteiger partial charge in [-0.05, 0) is 66.0 Å². The lowest BCUT2D eigenvalue weighted by molar-refractivity contribution is 0.0697. The Morgan fingerprint density at radius 3 is 2.07 bits per heavy atom. The second kappa shape index (κ2) is 6.59. The van der Waals surface area contributed by atoms with E-state index in [1.165, 1.54) is 33.1 Å². The number of sulfonamides is 1. The van der Waals surface area contributed by atoms with Gasteiger partial charge < -0.3 is 5.11 Å². The van der Waals surface area contributed by atoms with Crippen LogP contribution in [0.15, 0.2) is 24.3 Å². The minimum Gasteiger partial charge on any atom is -0.478 e. The Hall–Kier alpha value is -1.86. The summed E-state index contributed by atoms with van der Waals surface area (Å²) in [7, 11) is -3.60. The number of carbonyl (C=O) groups is 1. The Morgan fingerprint density at radius 2 is 1.61 bits per heavy atom. The topological polar surface area (TPSA) is 74.7 Å². The highest BCUT2D eigenvalue weighted by molar-refractivity contribution is 7.92. The number of nitrogens with zero attached hydrogens (tertiary/aromatic N) is 1. The first kappa shape index (κ1) is 20.9. The van der Waals surface area contributed by atoms with Gasteiger partial charge in [0.15, 0.2) is 0 Å². The Labute approximate surface area is 171 Å². The molecule has 0 radical (unpaired) electrons. The minimum absolute atomic E-state index is 0.00509. The van der Waals surface area contributed by atoms with Crippen LogP contribution in [0.1, 0.15) is 66.9 Å². The van der Waals surface area contributed by atoms with Gasteiger partial charge in [-0.15, -0.1) is 11.3 Å². The lowest BCUT2D eigenvalue weighted by Gasteiger charge is -2.39. The van der Waals surface area contributed by atoms with Crippen molar-refractivity contribution in [2.24, 2.45) is 0 Å². The molecule has 0 atom stereocenters. The Kier molecular flexibility index (Phi) is 4.91. The number of carboxylic acid groups (broad SMARTS) is 1. The Balaban J connectivity index is 2.24. The Bertz CT molecular complexity index is 1030. The summed E-state index contributed by atoms with van der Waals surface area (Å²) in [5.74, 6) is -1.04. The van der Waals surface area contributed by atoms with Crippen molar-refractivity contribution in [3.8, 4) is 0 Å². The maximum absolute atomic E-state index is 12.8. The quantitative estimate of drug-likeness (QED) is 0.736. The number of hydrogen-bond donors (Lipinski definition) is 1. The van der Waals surface area contributed by atoms with Crippen LogP contribution in [0.2, 0.25) is 0 Å². The third-order valence-corrected chi connectivity index (χ3v) is 8.47. The summed E-state index contributed by atoms with van der Waals surface area (Å²) in [6, 6.07) is 5.98. The van der Waals surface area contributed by atoms with Crippen LogP contribution in [0.4, 0.5) is 10.7 Å². The standard InChI is InChI=1S/C21H27NO4S2/c1-13-16-17(21(4,5)12-11-20(16,2)3)27-18(13)22(28(6,25)26)15-9-7-14(8-10-15)19(23)24/h7-10H,11-12H2,1-6H3,(H,23,24). The summed E-state index contributed by atoms with van der Waals surface area (Å²) < 4.78 is 26.9. The highest BCUT2D eigenvalue weighted by atomic mass is 32.2. The van der Waals surface area contributed by atoms with E-state index in [1.807, 2.05) is 6.92 Å². The molecule has 2 aromatic rings. The van der Waals surface area contributed by atoms with E-state index in [0.717, 1.165) is 18.4 Å². The van der Waals surface area contributed by atoms with Crippen molar-refractivity contribution in [1.82, 2.24) is 0 Å². The van der Waals surface area contributed by atoms with E-state index < -0.39 is 16.0 Å². The van der Waals surface area contributed by atoms with Crippen molar-refractivity contribution in [3.63, 3.8) is 0 Å². The van der Waals surface area contributed by atoms with E-state index in [4.69, 9.17) is 5.11 Å². The summed E-state index contributed by atoms with van der Waals surface area (Å²) in [5, 5.41) is 9.82. The zero-order valence-electron chi connectivity index (χ0n) is 17.2. The van der Waals surface area contributed by atoms with E-state index >= 15 is 0 Å². The smallest absolute Gasteiger partial charge is 0.335 e. The molecule has 1 aliphatic rings. The van der Waals surface area contributed by atoms with Crippen molar-refractivity contribution >= 4 is 38.0 Å². The first-order valence-electron chi connectivity index (χ1n) is 9.24. The second-order valence-corrected chi connectivity index (χ2v) is 11.7. The van der Waals surface area contributed by atoms with Crippen LogP contribution >= 0.6 is 11.3 Å². The number of hydrogen-bond acceptors (Lipinski definition) is 4. The van der Waals surface area contributed by atoms with Crippen LogP contribution in [0.3, 0.4) is 0 Å². The summed E-state index contributed by atoms with van der Waals surface area (Å²) in [6.07, 6.45) is 3.29. The summed E-state index contributed by atoms with van der Waals surface area (Å²) >= 11 is 1.54. The van der Waals surface area contributed by atoms with Gasteiger partial charge in [0.1, 0.15) is 5.00 Å². The fraction of sp³-hybridized carbons (Fsp3) is 0.476. The van der Waals surface area contributed by atoms with Crippen LogP contribution in [0.25, 0.3) is 0 Å². The second-order valence-electron chi connectivity index (χ2n) is 8.88. The van der Waals surface area contributed by atoms with E-state index in [1.54, 1.807) is 23.5 Å². The molecular formula is C21H27NO4S2. The van der Waals surface area contributed by atoms with E-state index in [9.17, 15) is 13.2 Å². The molecule has 7 heteroatoms. The molecule has 0 unspecified atom stereocenters. The van der Waals surface area contributed by atoms with Gasteiger partial charge in [-0.25, -0.2) is 17.5 Å². The van der Waals surface area contributed by atoms with Crippen LogP contribution in [-0.2, 0) is 20.9 Å². The maximum Gasteiger partial charge on any atom is 0.335 e. The van der Waals surface area contributed by atoms with E-state index in [-0.39, 0.29) is 16.4 Å². The van der Waals surface area contributed by atoms with Gasteiger partial charge in [0.25, 0.3) is 0 Å². The highest BCUT2D eigenvalue weighted by Crippen LogP contribution is 2.54. The molecule has 5 nitrogen and oxygen atoms in total. The van der Waals surface area contributed by atoms with Gasteiger partial charge in [-0.2, -0.15) is 0 Å². The fourth-order valence-electron chi connectivity index (χ4n) is 4.05. The molecule has 0 amide bonds. The zero-order valence-corrected chi connectivity index (χ0v) is 18.8. The molecule has 1 heterocycles. The number of fused-ring (bicyclic) bond motifs is 1. The lowest BCUT2D eigenvalue weighted by Crippen LogP contribution is -2.32. The van der Waals surface area contributed by atoms with Crippen LogP contribution < -0.4 is 4.31 Å². The minimum atomic E-state index is -3.60. The number of aromatic carboxylic acids is 1. The van der Waals surface area contributed by atoms with Gasteiger partial charge in [-0.3, -0.25) is 0 Å². The molecule has 1 N–H and O–H groups in total. The van der Waals surface area contributed by atoms with Crippen molar-refractivity contribution in [1.29, 1.82) is 0 Å². The van der Waals surface area contributed by atoms with Crippen molar-refractivity contribution in [3.05, 3.63) is 45.8 Å². The molecule has 1 aromatic carbocycles. The lowest BCUT2D eigenvalue weighted by atomic mass is 9.66. The van der Waals surface area contributed by atoms with Gasteiger partial charge >= 0.3 is 5.97 Å². The molecule has 1 aromatic heterocycles. The van der Waals surface area contributed by atoms with Crippen molar-refractivity contribution in [2.75, 3.05) is 10.6 Å². The van der Waals surface area contributed by atoms with Crippen LogP contribution in [0, 0.1) is 6.92 Å². The molecular weight excluding hydrogens is 394 g/mol. The van der Waals surface area contributed by atoms with Crippen LogP contribution in [-0.4, -0.2) is 25.7 Å². The number of rotatable bonds is 4. The number of thiophene rings is 1. The largest absolute Gasteiger partial charge is 0.478 e. The molecule has 0 saturated heterocycles. The third kappa shape index (κ3) is 3.46. The van der Waals surface area contributed by atoms with E-state index in [0.29, 0.717) is 10.7 Å². The molecule has 0 spiro atoms. The molecule has 0 saturated carbocycles.